The van der Waals surface area contributed by atoms with Gasteiger partial charge in [-0.2, -0.15) is 4.98 Å². The Bertz CT molecular complexity index is 531. The maximum Gasteiger partial charge on any atom is 0.239 e. The first-order valence-corrected chi connectivity index (χ1v) is 9.18. The lowest BCUT2D eigenvalue weighted by Crippen LogP contribution is -2.54. The van der Waals surface area contributed by atoms with Crippen LogP contribution in [0.5, 0.6) is 0 Å². The number of piperazine rings is 1. The normalized spacial score (nSPS) is 22.3. The van der Waals surface area contributed by atoms with Crippen molar-refractivity contribution < 1.29 is 9.32 Å². The lowest BCUT2D eigenvalue weighted by atomic mass is 10.2. The summed E-state index contributed by atoms with van der Waals surface area (Å²) in [6.07, 6.45) is 4.81. The van der Waals surface area contributed by atoms with E-state index in [0.717, 1.165) is 64.5 Å². The molecule has 0 aliphatic carbocycles. The molecule has 0 N–H and O–H groups in total. The van der Waals surface area contributed by atoms with Crippen LogP contribution in [0.3, 0.4) is 0 Å². The van der Waals surface area contributed by atoms with Crippen LogP contribution < -0.4 is 0 Å². The second kappa shape index (κ2) is 8.07. The van der Waals surface area contributed by atoms with Crippen molar-refractivity contribution in [3.8, 4) is 0 Å². The largest absolute Gasteiger partial charge is 0.341 e. The minimum Gasteiger partial charge on any atom is -0.341 e. The highest BCUT2D eigenvalue weighted by Gasteiger charge is 2.29. The van der Waals surface area contributed by atoms with E-state index in [1.54, 1.807) is 0 Å². The van der Waals surface area contributed by atoms with Crippen molar-refractivity contribution in [1.82, 2.24) is 24.8 Å². The van der Waals surface area contributed by atoms with Crippen LogP contribution in [0.4, 0.5) is 0 Å². The average molecular weight is 335 g/mol. The van der Waals surface area contributed by atoms with E-state index < -0.39 is 0 Å². The van der Waals surface area contributed by atoms with Crippen LogP contribution >= 0.6 is 0 Å². The van der Waals surface area contributed by atoms with Crippen molar-refractivity contribution in [2.45, 2.75) is 52.1 Å². The molecule has 0 saturated carbocycles. The number of hydrogen-bond donors (Lipinski definition) is 0. The second-order valence-electron chi connectivity index (χ2n) is 6.96. The van der Waals surface area contributed by atoms with Crippen LogP contribution in [-0.4, -0.2) is 76.1 Å². The minimum absolute atomic E-state index is 0.0160. The molecule has 7 heteroatoms. The Balaban J connectivity index is 1.47. The molecule has 0 bridgehead atoms. The number of aromatic nitrogens is 2. The predicted octanol–water partition coefficient (Wildman–Crippen LogP) is 1.29. The Kier molecular flexibility index (Phi) is 5.84. The molecule has 1 aromatic rings. The van der Waals surface area contributed by atoms with Crippen molar-refractivity contribution in [1.29, 1.82) is 0 Å². The third kappa shape index (κ3) is 4.33. The molecule has 0 radical (unpaired) electrons. The van der Waals surface area contributed by atoms with Crippen molar-refractivity contribution in [2.75, 3.05) is 39.3 Å². The van der Waals surface area contributed by atoms with Gasteiger partial charge < -0.3 is 9.42 Å². The number of carbonyl (C=O) groups excluding carboxylic acids is 1. The van der Waals surface area contributed by atoms with Crippen LogP contribution in [-0.2, 0) is 11.3 Å². The van der Waals surface area contributed by atoms with Crippen LogP contribution in [0.1, 0.15) is 44.3 Å². The Morgan fingerprint density at radius 3 is 2.33 bits per heavy atom. The average Bonchev–Trinajstić information content (AvgIpc) is 2.84. The lowest BCUT2D eigenvalue weighted by molar-refractivity contribution is -0.137. The highest BCUT2D eigenvalue weighted by molar-refractivity contribution is 5.81. The predicted molar refractivity (Wildman–Crippen MR) is 90.4 cm³/mol. The Morgan fingerprint density at radius 2 is 1.75 bits per heavy atom. The summed E-state index contributed by atoms with van der Waals surface area (Å²) in [6, 6.07) is -0.0160. The van der Waals surface area contributed by atoms with Crippen molar-refractivity contribution in [2.24, 2.45) is 0 Å². The topological polar surface area (TPSA) is 65.7 Å². The summed E-state index contributed by atoms with van der Waals surface area (Å²) in [5.74, 6) is 1.66. The number of likely N-dealkylation sites (tertiary alicyclic amines) is 1. The Labute approximate surface area is 144 Å². The summed E-state index contributed by atoms with van der Waals surface area (Å²) < 4.78 is 5.03. The first-order chi connectivity index (χ1) is 11.6. The summed E-state index contributed by atoms with van der Waals surface area (Å²) in [7, 11) is 0. The molecule has 3 rings (SSSR count). The Morgan fingerprint density at radius 1 is 1.08 bits per heavy atom. The lowest BCUT2D eigenvalue weighted by Gasteiger charge is -2.38. The first kappa shape index (κ1) is 17.4. The van der Waals surface area contributed by atoms with Gasteiger partial charge in [0.1, 0.15) is 0 Å². The van der Waals surface area contributed by atoms with Gasteiger partial charge in [-0.3, -0.25) is 14.6 Å². The summed E-state index contributed by atoms with van der Waals surface area (Å²) >= 11 is 0. The van der Waals surface area contributed by atoms with E-state index in [4.69, 9.17) is 4.52 Å². The molecule has 2 saturated heterocycles. The van der Waals surface area contributed by atoms with E-state index in [2.05, 4.69) is 31.8 Å². The van der Waals surface area contributed by atoms with Crippen molar-refractivity contribution in [3.63, 3.8) is 0 Å². The Hall–Kier alpha value is -1.47. The maximum atomic E-state index is 12.8. The van der Waals surface area contributed by atoms with Crippen molar-refractivity contribution >= 4 is 5.91 Å². The van der Waals surface area contributed by atoms with Crippen molar-refractivity contribution in [3.05, 3.63) is 11.7 Å². The third-order valence-corrected chi connectivity index (χ3v) is 5.16. The molecule has 134 valence electrons. The minimum atomic E-state index is -0.0160. The van der Waals surface area contributed by atoms with Gasteiger partial charge in [-0.05, 0) is 19.8 Å². The van der Waals surface area contributed by atoms with E-state index in [1.807, 2.05) is 6.92 Å². The zero-order valence-corrected chi connectivity index (χ0v) is 14.9. The van der Waals surface area contributed by atoms with Gasteiger partial charge >= 0.3 is 0 Å². The standard InChI is InChI=1S/C17H29N5O2/c1-14(17(23)22-7-5-3-4-6-8-22)21-11-9-20(10-12-21)13-16-18-15(2)24-19-16/h14H,3-13H2,1-2H3/t14-/m0/s1. The summed E-state index contributed by atoms with van der Waals surface area (Å²) in [5.41, 5.74) is 0. The molecule has 2 aliphatic rings. The highest BCUT2D eigenvalue weighted by Crippen LogP contribution is 2.15. The molecule has 0 spiro atoms. The van der Waals surface area contributed by atoms with Gasteiger partial charge in [-0.1, -0.05) is 18.0 Å². The number of carbonyl (C=O) groups is 1. The number of hydrogen-bond acceptors (Lipinski definition) is 6. The molecular formula is C17H29N5O2. The van der Waals surface area contributed by atoms with E-state index in [9.17, 15) is 4.79 Å². The van der Waals surface area contributed by atoms with Gasteiger partial charge in [-0.15, -0.1) is 0 Å². The van der Waals surface area contributed by atoms with Crippen LogP contribution in [0.2, 0.25) is 0 Å². The molecule has 1 aromatic heterocycles. The number of rotatable bonds is 4. The van der Waals surface area contributed by atoms with E-state index in [1.165, 1.54) is 12.8 Å². The van der Waals surface area contributed by atoms with Gasteiger partial charge in [0, 0.05) is 46.2 Å². The zero-order chi connectivity index (χ0) is 16.9. The van der Waals surface area contributed by atoms with Crippen LogP contribution in [0.15, 0.2) is 4.52 Å². The monoisotopic (exact) mass is 335 g/mol. The number of amides is 1. The maximum absolute atomic E-state index is 12.8. The van der Waals surface area contributed by atoms with Gasteiger partial charge in [0.25, 0.3) is 0 Å². The first-order valence-electron chi connectivity index (χ1n) is 9.18. The van der Waals surface area contributed by atoms with Gasteiger partial charge in [-0.25, -0.2) is 0 Å². The fourth-order valence-electron chi connectivity index (χ4n) is 3.63. The SMILES string of the molecule is Cc1nc(CN2CCN([C@@H](C)C(=O)N3CCCCCC3)CC2)no1. The smallest absolute Gasteiger partial charge is 0.239 e. The molecule has 3 heterocycles. The van der Waals surface area contributed by atoms with Crippen LogP contribution in [0.25, 0.3) is 0 Å². The molecule has 7 nitrogen and oxygen atoms in total. The van der Waals surface area contributed by atoms with E-state index >= 15 is 0 Å². The molecule has 1 atom stereocenters. The summed E-state index contributed by atoms with van der Waals surface area (Å²) in [6.45, 7) is 10.2. The second-order valence-corrected chi connectivity index (χ2v) is 6.96. The number of aryl methyl sites for hydroxylation is 1. The highest BCUT2D eigenvalue weighted by atomic mass is 16.5. The van der Waals surface area contributed by atoms with Crippen LogP contribution in [0, 0.1) is 6.92 Å². The number of nitrogens with zero attached hydrogens (tertiary/aromatic N) is 5. The zero-order valence-electron chi connectivity index (χ0n) is 14.9. The molecule has 2 fully saturated rings. The molecule has 0 unspecified atom stereocenters. The molecule has 1 amide bonds. The molecule has 0 aromatic carbocycles. The molecular weight excluding hydrogens is 306 g/mol. The van der Waals surface area contributed by atoms with Gasteiger partial charge in [0.05, 0.1) is 12.6 Å². The fraction of sp³-hybridized carbons (Fsp3) is 0.824. The van der Waals surface area contributed by atoms with Gasteiger partial charge in [0.2, 0.25) is 11.8 Å². The third-order valence-electron chi connectivity index (χ3n) is 5.16. The molecule has 2 aliphatic heterocycles. The summed E-state index contributed by atoms with van der Waals surface area (Å²) in [5, 5.41) is 3.96. The van der Waals surface area contributed by atoms with E-state index in [-0.39, 0.29) is 6.04 Å². The molecule has 24 heavy (non-hydrogen) atoms. The summed E-state index contributed by atoms with van der Waals surface area (Å²) in [4.78, 5) is 23.7. The van der Waals surface area contributed by atoms with Gasteiger partial charge in [0.15, 0.2) is 5.82 Å². The quantitative estimate of drug-likeness (QED) is 0.826. The fourth-order valence-corrected chi connectivity index (χ4v) is 3.63. The van der Waals surface area contributed by atoms with E-state index in [0.29, 0.717) is 11.8 Å².